The number of hydrogen-bond acceptors (Lipinski definition) is 2. The zero-order valence-electron chi connectivity index (χ0n) is 17.1. The molecule has 1 aliphatic carbocycles. The summed E-state index contributed by atoms with van der Waals surface area (Å²) in [5, 5.41) is 3.22. The van der Waals surface area contributed by atoms with E-state index in [4.69, 9.17) is 0 Å². The number of aryl methyl sites for hydroxylation is 1. The van der Waals surface area contributed by atoms with E-state index in [9.17, 15) is 9.59 Å². The standard InChI is InChI=1S/C23H34N2O2/c1-17-9-12-20(13-10-17)23(2,3)24-22(27)19-11-14-21(26)25(16-19)15-18-7-5-4-6-8-18/h9-10,12-13,18-19H,4-8,11,14-16H2,1-3H3,(H,24,27)/t19-/m0/s1. The fourth-order valence-corrected chi connectivity index (χ4v) is 4.44. The Balaban J connectivity index is 1.60. The third-order valence-corrected chi connectivity index (χ3v) is 6.28. The molecular formula is C23H34N2O2. The molecule has 1 saturated carbocycles. The fraction of sp³-hybridized carbons (Fsp3) is 0.652. The summed E-state index contributed by atoms with van der Waals surface area (Å²) >= 11 is 0. The molecule has 0 unspecified atom stereocenters. The molecule has 2 amide bonds. The number of carbonyl (C=O) groups is 2. The molecule has 1 atom stereocenters. The number of piperidine rings is 1. The highest BCUT2D eigenvalue weighted by Gasteiger charge is 2.34. The maximum atomic E-state index is 12.9. The summed E-state index contributed by atoms with van der Waals surface area (Å²) in [6, 6.07) is 8.31. The molecule has 148 valence electrons. The van der Waals surface area contributed by atoms with Crippen molar-refractivity contribution in [2.45, 2.75) is 71.3 Å². The number of hydrogen-bond donors (Lipinski definition) is 1. The Morgan fingerprint density at radius 3 is 2.44 bits per heavy atom. The maximum absolute atomic E-state index is 12.9. The van der Waals surface area contributed by atoms with E-state index in [1.165, 1.54) is 37.7 Å². The first-order valence-electron chi connectivity index (χ1n) is 10.5. The van der Waals surface area contributed by atoms with Crippen LogP contribution in [-0.2, 0) is 15.1 Å². The van der Waals surface area contributed by atoms with Crippen molar-refractivity contribution in [3.8, 4) is 0 Å². The average molecular weight is 371 g/mol. The third-order valence-electron chi connectivity index (χ3n) is 6.28. The van der Waals surface area contributed by atoms with Gasteiger partial charge in [0, 0.05) is 19.5 Å². The average Bonchev–Trinajstić information content (AvgIpc) is 2.64. The van der Waals surface area contributed by atoms with E-state index in [0.29, 0.717) is 25.3 Å². The molecule has 4 nitrogen and oxygen atoms in total. The SMILES string of the molecule is Cc1ccc(C(C)(C)NC(=O)[C@H]2CCC(=O)N(CC3CCCCC3)C2)cc1. The molecule has 0 bridgehead atoms. The number of carbonyl (C=O) groups excluding carboxylic acids is 2. The first-order valence-corrected chi connectivity index (χ1v) is 10.5. The molecular weight excluding hydrogens is 336 g/mol. The summed E-state index contributed by atoms with van der Waals surface area (Å²) < 4.78 is 0. The van der Waals surface area contributed by atoms with E-state index in [-0.39, 0.29) is 17.7 Å². The van der Waals surface area contributed by atoms with Crippen molar-refractivity contribution >= 4 is 11.8 Å². The van der Waals surface area contributed by atoms with Crippen molar-refractivity contribution in [3.05, 3.63) is 35.4 Å². The van der Waals surface area contributed by atoms with Gasteiger partial charge in [-0.3, -0.25) is 9.59 Å². The molecule has 1 saturated heterocycles. The summed E-state index contributed by atoms with van der Waals surface area (Å²) in [6.45, 7) is 7.57. The Kier molecular flexibility index (Phi) is 6.23. The van der Waals surface area contributed by atoms with Crippen LogP contribution in [0.15, 0.2) is 24.3 Å². The topological polar surface area (TPSA) is 49.4 Å². The Hall–Kier alpha value is -1.84. The number of rotatable bonds is 5. The molecule has 1 N–H and O–H groups in total. The van der Waals surface area contributed by atoms with Crippen LogP contribution < -0.4 is 5.32 Å². The minimum absolute atomic E-state index is 0.0710. The van der Waals surface area contributed by atoms with Gasteiger partial charge in [-0.1, -0.05) is 49.1 Å². The smallest absolute Gasteiger partial charge is 0.225 e. The summed E-state index contributed by atoms with van der Waals surface area (Å²) in [5.41, 5.74) is 1.90. The van der Waals surface area contributed by atoms with Crippen molar-refractivity contribution in [2.24, 2.45) is 11.8 Å². The molecule has 2 aliphatic rings. The normalized spacial score (nSPS) is 22.0. The van der Waals surface area contributed by atoms with E-state index >= 15 is 0 Å². The predicted molar refractivity (Wildman–Crippen MR) is 108 cm³/mol. The number of nitrogens with zero attached hydrogens (tertiary/aromatic N) is 1. The second-order valence-corrected chi connectivity index (χ2v) is 9.02. The third kappa shape index (κ3) is 5.12. The molecule has 1 aromatic rings. The van der Waals surface area contributed by atoms with E-state index in [1.54, 1.807) is 0 Å². The number of benzene rings is 1. The minimum Gasteiger partial charge on any atom is -0.347 e. The zero-order chi connectivity index (χ0) is 19.4. The van der Waals surface area contributed by atoms with Crippen molar-refractivity contribution in [3.63, 3.8) is 0 Å². The molecule has 4 heteroatoms. The van der Waals surface area contributed by atoms with Gasteiger partial charge in [-0.2, -0.15) is 0 Å². The molecule has 1 aromatic carbocycles. The largest absolute Gasteiger partial charge is 0.347 e. The monoisotopic (exact) mass is 370 g/mol. The molecule has 27 heavy (non-hydrogen) atoms. The lowest BCUT2D eigenvalue weighted by atomic mass is 9.87. The predicted octanol–water partition coefficient (Wildman–Crippen LogP) is 4.17. The van der Waals surface area contributed by atoms with Gasteiger partial charge >= 0.3 is 0 Å². The van der Waals surface area contributed by atoms with Gasteiger partial charge in [0.15, 0.2) is 0 Å². The Morgan fingerprint density at radius 1 is 1.11 bits per heavy atom. The van der Waals surface area contributed by atoms with Crippen LogP contribution in [0.4, 0.5) is 0 Å². The van der Waals surface area contributed by atoms with Gasteiger partial charge in [-0.05, 0) is 51.5 Å². The summed E-state index contributed by atoms with van der Waals surface area (Å²) in [7, 11) is 0. The number of amides is 2. The molecule has 0 spiro atoms. The van der Waals surface area contributed by atoms with Gasteiger partial charge < -0.3 is 10.2 Å². The molecule has 0 radical (unpaired) electrons. The zero-order valence-corrected chi connectivity index (χ0v) is 17.1. The summed E-state index contributed by atoms with van der Waals surface area (Å²) in [4.78, 5) is 27.3. The van der Waals surface area contributed by atoms with E-state index in [2.05, 4.69) is 36.5 Å². The van der Waals surface area contributed by atoms with Crippen LogP contribution in [0.1, 0.15) is 69.9 Å². The van der Waals surface area contributed by atoms with Gasteiger partial charge in [0.25, 0.3) is 0 Å². The van der Waals surface area contributed by atoms with Crippen LogP contribution in [-0.4, -0.2) is 29.8 Å². The highest BCUT2D eigenvalue weighted by atomic mass is 16.2. The molecule has 3 rings (SSSR count). The molecule has 0 aromatic heterocycles. The molecule has 1 aliphatic heterocycles. The second kappa shape index (κ2) is 8.45. The first-order chi connectivity index (χ1) is 12.8. The molecule has 1 heterocycles. The van der Waals surface area contributed by atoms with Crippen LogP contribution in [0.5, 0.6) is 0 Å². The van der Waals surface area contributed by atoms with E-state index in [0.717, 1.165) is 12.1 Å². The Labute approximate surface area is 163 Å². The minimum atomic E-state index is -0.416. The quantitative estimate of drug-likeness (QED) is 0.846. The maximum Gasteiger partial charge on any atom is 0.225 e. The lowest BCUT2D eigenvalue weighted by Crippen LogP contribution is -2.50. The first kappa shape index (κ1) is 19.9. The Bertz CT molecular complexity index is 659. The van der Waals surface area contributed by atoms with Crippen molar-refractivity contribution in [2.75, 3.05) is 13.1 Å². The van der Waals surface area contributed by atoms with Crippen LogP contribution in [0, 0.1) is 18.8 Å². The van der Waals surface area contributed by atoms with Crippen LogP contribution >= 0.6 is 0 Å². The second-order valence-electron chi connectivity index (χ2n) is 9.02. The van der Waals surface area contributed by atoms with Crippen molar-refractivity contribution < 1.29 is 9.59 Å². The summed E-state index contributed by atoms with van der Waals surface area (Å²) in [6.07, 6.45) is 7.49. The Morgan fingerprint density at radius 2 is 1.78 bits per heavy atom. The fourth-order valence-electron chi connectivity index (χ4n) is 4.44. The highest BCUT2D eigenvalue weighted by Crippen LogP contribution is 2.28. The van der Waals surface area contributed by atoms with Crippen LogP contribution in [0.3, 0.4) is 0 Å². The lowest BCUT2D eigenvalue weighted by molar-refractivity contribution is -0.139. The van der Waals surface area contributed by atoms with Crippen LogP contribution in [0.25, 0.3) is 0 Å². The summed E-state index contributed by atoms with van der Waals surface area (Å²) in [5.74, 6) is 0.814. The van der Waals surface area contributed by atoms with Gasteiger partial charge in [-0.25, -0.2) is 0 Å². The van der Waals surface area contributed by atoms with Gasteiger partial charge in [-0.15, -0.1) is 0 Å². The number of likely N-dealkylation sites (tertiary alicyclic amines) is 1. The van der Waals surface area contributed by atoms with Crippen molar-refractivity contribution in [1.82, 2.24) is 10.2 Å². The van der Waals surface area contributed by atoms with Crippen LogP contribution in [0.2, 0.25) is 0 Å². The molecule has 2 fully saturated rings. The lowest BCUT2D eigenvalue weighted by Gasteiger charge is -2.37. The van der Waals surface area contributed by atoms with Gasteiger partial charge in [0.1, 0.15) is 0 Å². The van der Waals surface area contributed by atoms with Gasteiger partial charge in [0.2, 0.25) is 11.8 Å². The highest BCUT2D eigenvalue weighted by molar-refractivity contribution is 5.84. The van der Waals surface area contributed by atoms with Gasteiger partial charge in [0.05, 0.1) is 11.5 Å². The van der Waals surface area contributed by atoms with E-state index in [1.807, 2.05) is 18.7 Å². The van der Waals surface area contributed by atoms with E-state index < -0.39 is 5.54 Å². The number of nitrogens with one attached hydrogen (secondary N) is 1. The van der Waals surface area contributed by atoms with Crippen molar-refractivity contribution in [1.29, 1.82) is 0 Å².